The summed E-state index contributed by atoms with van der Waals surface area (Å²) in [6, 6.07) is 0. The zero-order chi connectivity index (χ0) is 14.6. The van der Waals surface area contributed by atoms with E-state index in [-0.39, 0.29) is 11.5 Å². The van der Waals surface area contributed by atoms with Gasteiger partial charge in [-0.2, -0.15) is 18.3 Å². The van der Waals surface area contributed by atoms with Crippen molar-refractivity contribution >= 4 is 0 Å². The average molecular weight is 278 g/mol. The number of rotatable bonds is 6. The van der Waals surface area contributed by atoms with Gasteiger partial charge in [0, 0.05) is 25.4 Å². The molecule has 1 heterocycles. The summed E-state index contributed by atoms with van der Waals surface area (Å²) in [6.45, 7) is 6.08. The van der Waals surface area contributed by atoms with E-state index in [2.05, 4.69) is 5.10 Å². The van der Waals surface area contributed by atoms with Crippen molar-refractivity contribution in [3.63, 3.8) is 0 Å². The van der Waals surface area contributed by atoms with E-state index < -0.39 is 18.0 Å². The number of hydrogen-bond donors (Lipinski definition) is 0. The SMILES string of the molecule is CCC(CC)C(OC)c1cn(CC)nc1C(F)(F)F. The van der Waals surface area contributed by atoms with Gasteiger partial charge in [-0.25, -0.2) is 0 Å². The van der Waals surface area contributed by atoms with Crippen molar-refractivity contribution in [1.82, 2.24) is 9.78 Å². The van der Waals surface area contributed by atoms with Gasteiger partial charge in [-0.3, -0.25) is 4.68 Å². The van der Waals surface area contributed by atoms with E-state index in [9.17, 15) is 13.2 Å². The van der Waals surface area contributed by atoms with Crippen molar-refractivity contribution in [2.24, 2.45) is 5.92 Å². The second-order valence-electron chi connectivity index (χ2n) is 4.52. The molecule has 1 aromatic heterocycles. The summed E-state index contributed by atoms with van der Waals surface area (Å²) >= 11 is 0. The largest absolute Gasteiger partial charge is 0.435 e. The number of halogens is 3. The number of nitrogens with zero attached hydrogens (tertiary/aromatic N) is 2. The van der Waals surface area contributed by atoms with Gasteiger partial charge in [0.15, 0.2) is 5.69 Å². The van der Waals surface area contributed by atoms with E-state index in [0.29, 0.717) is 6.54 Å². The van der Waals surface area contributed by atoms with Gasteiger partial charge in [-0.05, 0) is 12.8 Å². The minimum Gasteiger partial charge on any atom is -0.376 e. The molecule has 0 bridgehead atoms. The predicted octanol–water partition coefficient (Wildman–Crippen LogP) is 4.05. The van der Waals surface area contributed by atoms with Crippen molar-refractivity contribution in [1.29, 1.82) is 0 Å². The molecule has 1 unspecified atom stereocenters. The van der Waals surface area contributed by atoms with E-state index in [4.69, 9.17) is 4.74 Å². The van der Waals surface area contributed by atoms with Gasteiger partial charge in [0.1, 0.15) is 0 Å². The fourth-order valence-corrected chi connectivity index (χ4v) is 2.32. The molecule has 0 spiro atoms. The van der Waals surface area contributed by atoms with Crippen molar-refractivity contribution in [3.05, 3.63) is 17.5 Å². The summed E-state index contributed by atoms with van der Waals surface area (Å²) in [4.78, 5) is 0. The molecule has 0 N–H and O–H groups in total. The molecule has 0 radical (unpaired) electrons. The number of aryl methyl sites for hydroxylation is 1. The van der Waals surface area contributed by atoms with Gasteiger partial charge in [-0.15, -0.1) is 0 Å². The van der Waals surface area contributed by atoms with Crippen LogP contribution in [0.5, 0.6) is 0 Å². The summed E-state index contributed by atoms with van der Waals surface area (Å²) in [5.74, 6) is 0.0561. The fourth-order valence-electron chi connectivity index (χ4n) is 2.32. The lowest BCUT2D eigenvalue weighted by Crippen LogP contribution is -2.18. The highest BCUT2D eigenvalue weighted by atomic mass is 19.4. The molecule has 0 aromatic carbocycles. The van der Waals surface area contributed by atoms with Crippen LogP contribution in [0.1, 0.15) is 51.0 Å². The molecule has 0 saturated carbocycles. The second-order valence-corrected chi connectivity index (χ2v) is 4.52. The first-order valence-corrected chi connectivity index (χ1v) is 6.56. The molecule has 19 heavy (non-hydrogen) atoms. The molecular formula is C13H21F3N2O. The normalized spacial score (nSPS) is 14.1. The lowest BCUT2D eigenvalue weighted by atomic mass is 9.91. The molecule has 3 nitrogen and oxygen atoms in total. The topological polar surface area (TPSA) is 27.1 Å². The highest BCUT2D eigenvalue weighted by molar-refractivity contribution is 5.23. The molecule has 1 rings (SSSR count). The van der Waals surface area contributed by atoms with Gasteiger partial charge < -0.3 is 4.74 Å². The summed E-state index contributed by atoms with van der Waals surface area (Å²) in [5, 5.41) is 3.63. The molecule has 1 atom stereocenters. The maximum Gasteiger partial charge on any atom is 0.435 e. The van der Waals surface area contributed by atoms with Crippen molar-refractivity contribution < 1.29 is 17.9 Å². The number of aromatic nitrogens is 2. The third-order valence-electron chi connectivity index (χ3n) is 3.42. The van der Waals surface area contributed by atoms with E-state index >= 15 is 0 Å². The standard InChI is InChI=1S/C13H21F3N2O/c1-5-9(6-2)11(19-4)10-8-18(7-3)17-12(10)13(14,15)16/h8-9,11H,5-7H2,1-4H3. The molecule has 0 aliphatic carbocycles. The minimum atomic E-state index is -4.45. The lowest BCUT2D eigenvalue weighted by molar-refractivity contribution is -0.143. The molecule has 0 aliphatic rings. The first-order chi connectivity index (χ1) is 8.88. The Hall–Kier alpha value is -1.04. The minimum absolute atomic E-state index is 0.0561. The number of alkyl halides is 3. The third kappa shape index (κ3) is 3.49. The second kappa shape index (κ2) is 6.41. The predicted molar refractivity (Wildman–Crippen MR) is 66.7 cm³/mol. The van der Waals surface area contributed by atoms with Crippen LogP contribution in [-0.2, 0) is 17.5 Å². The smallest absolute Gasteiger partial charge is 0.376 e. The maximum atomic E-state index is 13.0. The zero-order valence-electron chi connectivity index (χ0n) is 11.8. The molecule has 0 saturated heterocycles. The molecule has 0 fully saturated rings. The average Bonchev–Trinajstić information content (AvgIpc) is 2.79. The molecule has 0 aliphatic heterocycles. The molecule has 110 valence electrons. The number of hydrogen-bond acceptors (Lipinski definition) is 2. The van der Waals surface area contributed by atoms with Crippen LogP contribution in [0.2, 0.25) is 0 Å². The van der Waals surface area contributed by atoms with Crippen LogP contribution in [0.4, 0.5) is 13.2 Å². The highest BCUT2D eigenvalue weighted by Gasteiger charge is 2.40. The quantitative estimate of drug-likeness (QED) is 0.785. The van der Waals surface area contributed by atoms with Gasteiger partial charge >= 0.3 is 6.18 Å². The number of methoxy groups -OCH3 is 1. The van der Waals surface area contributed by atoms with Crippen LogP contribution in [-0.4, -0.2) is 16.9 Å². The van der Waals surface area contributed by atoms with Crippen LogP contribution < -0.4 is 0 Å². The number of ether oxygens (including phenoxy) is 1. The summed E-state index contributed by atoms with van der Waals surface area (Å²) in [7, 11) is 1.45. The van der Waals surface area contributed by atoms with E-state index in [1.165, 1.54) is 18.0 Å². The van der Waals surface area contributed by atoms with Crippen LogP contribution in [0, 0.1) is 5.92 Å². The van der Waals surface area contributed by atoms with Crippen LogP contribution in [0.3, 0.4) is 0 Å². The van der Waals surface area contributed by atoms with Crippen LogP contribution in [0.15, 0.2) is 6.20 Å². The Morgan fingerprint density at radius 3 is 2.21 bits per heavy atom. The summed E-state index contributed by atoms with van der Waals surface area (Å²) in [6.07, 6.45) is -2.02. The Balaban J connectivity index is 3.25. The van der Waals surface area contributed by atoms with Crippen LogP contribution >= 0.6 is 0 Å². The summed E-state index contributed by atoms with van der Waals surface area (Å²) < 4.78 is 45.7. The van der Waals surface area contributed by atoms with Gasteiger partial charge in [0.05, 0.1) is 6.10 Å². The Kier molecular flexibility index (Phi) is 5.40. The Labute approximate surface area is 111 Å². The van der Waals surface area contributed by atoms with E-state index in [0.717, 1.165) is 12.8 Å². The third-order valence-corrected chi connectivity index (χ3v) is 3.42. The van der Waals surface area contributed by atoms with E-state index in [1.807, 2.05) is 13.8 Å². The van der Waals surface area contributed by atoms with Crippen LogP contribution in [0.25, 0.3) is 0 Å². The maximum absolute atomic E-state index is 13.0. The van der Waals surface area contributed by atoms with E-state index in [1.54, 1.807) is 6.92 Å². The van der Waals surface area contributed by atoms with Gasteiger partial charge in [0.25, 0.3) is 0 Å². The lowest BCUT2D eigenvalue weighted by Gasteiger charge is -2.24. The molecule has 0 amide bonds. The fraction of sp³-hybridized carbons (Fsp3) is 0.769. The molecular weight excluding hydrogens is 257 g/mol. The zero-order valence-corrected chi connectivity index (χ0v) is 11.8. The van der Waals surface area contributed by atoms with Gasteiger partial charge in [0.2, 0.25) is 0 Å². The van der Waals surface area contributed by atoms with Gasteiger partial charge in [-0.1, -0.05) is 26.7 Å². The monoisotopic (exact) mass is 278 g/mol. The van der Waals surface area contributed by atoms with Crippen molar-refractivity contribution in [2.45, 2.75) is 52.4 Å². The summed E-state index contributed by atoms with van der Waals surface area (Å²) in [5.41, 5.74) is -0.682. The molecule has 6 heteroatoms. The Bertz CT molecular complexity index is 397. The Morgan fingerprint density at radius 2 is 1.84 bits per heavy atom. The van der Waals surface area contributed by atoms with Crippen molar-refractivity contribution in [3.8, 4) is 0 Å². The Morgan fingerprint density at radius 1 is 1.26 bits per heavy atom. The first-order valence-electron chi connectivity index (χ1n) is 6.56. The van der Waals surface area contributed by atoms with Crippen molar-refractivity contribution in [2.75, 3.05) is 7.11 Å². The highest BCUT2D eigenvalue weighted by Crippen LogP contribution is 2.38. The first kappa shape index (κ1) is 16.0. The molecule has 1 aromatic rings.